The maximum absolute atomic E-state index is 13.7. The molecule has 36 heavy (non-hydrogen) atoms. The Balaban J connectivity index is 1.53. The summed E-state index contributed by atoms with van der Waals surface area (Å²) in [5, 5.41) is 2.74. The van der Waals surface area contributed by atoms with Crippen LogP contribution in [-0.4, -0.2) is 38.0 Å². The van der Waals surface area contributed by atoms with E-state index in [1.165, 1.54) is 4.68 Å². The lowest BCUT2D eigenvalue weighted by Gasteiger charge is -2.25. The number of carbonyl (C=O) groups is 3. The van der Waals surface area contributed by atoms with Crippen molar-refractivity contribution in [3.63, 3.8) is 0 Å². The normalized spacial score (nSPS) is 13.6. The van der Waals surface area contributed by atoms with Crippen LogP contribution in [0.15, 0.2) is 89.7 Å². The second kappa shape index (κ2) is 9.14. The lowest BCUT2D eigenvalue weighted by Crippen LogP contribution is -2.49. The van der Waals surface area contributed by atoms with Crippen LogP contribution in [0.2, 0.25) is 0 Å². The Labute approximate surface area is 207 Å². The Kier molecular flexibility index (Phi) is 5.85. The Morgan fingerprint density at radius 2 is 1.33 bits per heavy atom. The van der Waals surface area contributed by atoms with Gasteiger partial charge in [0.05, 0.1) is 22.5 Å². The van der Waals surface area contributed by atoms with Gasteiger partial charge in [0.2, 0.25) is 5.91 Å². The number of hydrogen-bond donors (Lipinski definition) is 1. The summed E-state index contributed by atoms with van der Waals surface area (Å²) in [6.07, 6.45) is 0.108. The number of amides is 3. The molecular formula is C28H24N4O4. The van der Waals surface area contributed by atoms with Crippen LogP contribution in [-0.2, 0) is 18.3 Å². The highest BCUT2D eigenvalue weighted by Crippen LogP contribution is 2.27. The summed E-state index contributed by atoms with van der Waals surface area (Å²) in [5.41, 5.74) is 2.18. The Bertz CT molecular complexity index is 1500. The summed E-state index contributed by atoms with van der Waals surface area (Å²) >= 11 is 0. The van der Waals surface area contributed by atoms with Crippen molar-refractivity contribution >= 4 is 23.4 Å². The number of para-hydroxylation sites is 1. The molecule has 1 aliphatic rings. The van der Waals surface area contributed by atoms with Gasteiger partial charge in [0.25, 0.3) is 17.4 Å². The van der Waals surface area contributed by atoms with E-state index in [1.54, 1.807) is 55.1 Å². The topological polar surface area (TPSA) is 93.4 Å². The van der Waals surface area contributed by atoms with Gasteiger partial charge in [-0.1, -0.05) is 60.7 Å². The Morgan fingerprint density at radius 3 is 1.92 bits per heavy atom. The van der Waals surface area contributed by atoms with Crippen LogP contribution in [0, 0.1) is 6.92 Å². The van der Waals surface area contributed by atoms with Crippen LogP contribution < -0.4 is 10.9 Å². The van der Waals surface area contributed by atoms with Gasteiger partial charge in [-0.25, -0.2) is 4.68 Å². The molecule has 1 atom stereocenters. The molecule has 3 amide bonds. The first-order chi connectivity index (χ1) is 17.4. The number of nitrogens with one attached hydrogen (secondary N) is 1. The smallest absolute Gasteiger partial charge is 0.295 e. The van der Waals surface area contributed by atoms with Gasteiger partial charge in [-0.3, -0.25) is 28.8 Å². The Hall–Kier alpha value is -4.72. The third-order valence-corrected chi connectivity index (χ3v) is 6.51. The molecule has 0 spiro atoms. The first-order valence-corrected chi connectivity index (χ1v) is 11.5. The molecule has 8 heteroatoms. The molecule has 1 aliphatic heterocycles. The number of rotatable bonds is 6. The quantitative estimate of drug-likeness (QED) is 0.429. The van der Waals surface area contributed by atoms with E-state index in [0.717, 1.165) is 10.5 Å². The van der Waals surface area contributed by atoms with E-state index in [9.17, 15) is 19.2 Å². The molecule has 0 saturated carbocycles. The van der Waals surface area contributed by atoms with Crippen molar-refractivity contribution < 1.29 is 14.4 Å². The number of benzene rings is 3. The highest BCUT2D eigenvalue weighted by atomic mass is 16.2. The molecular weight excluding hydrogens is 456 g/mol. The minimum Gasteiger partial charge on any atom is -0.318 e. The number of carbonyl (C=O) groups excluding carboxylic acids is 3. The number of anilines is 1. The number of hydrogen-bond acceptors (Lipinski definition) is 4. The second-order valence-corrected chi connectivity index (χ2v) is 8.66. The van der Waals surface area contributed by atoms with Crippen LogP contribution in [0.1, 0.15) is 32.0 Å². The fraction of sp³-hybridized carbons (Fsp3) is 0.143. The van der Waals surface area contributed by atoms with Crippen LogP contribution in [0.5, 0.6) is 0 Å². The van der Waals surface area contributed by atoms with Crippen LogP contribution in [0.25, 0.3) is 5.69 Å². The third-order valence-electron chi connectivity index (χ3n) is 6.51. The fourth-order valence-corrected chi connectivity index (χ4v) is 4.55. The molecule has 8 nitrogen and oxygen atoms in total. The summed E-state index contributed by atoms with van der Waals surface area (Å²) < 4.78 is 3.11. The zero-order valence-corrected chi connectivity index (χ0v) is 19.8. The maximum atomic E-state index is 13.7. The zero-order valence-electron chi connectivity index (χ0n) is 19.8. The number of nitrogens with zero attached hydrogens (tertiary/aromatic N) is 3. The molecule has 1 N–H and O–H groups in total. The van der Waals surface area contributed by atoms with Gasteiger partial charge in [0.15, 0.2) is 0 Å². The largest absolute Gasteiger partial charge is 0.318 e. The van der Waals surface area contributed by atoms with Crippen LogP contribution in [0.4, 0.5) is 5.69 Å². The maximum Gasteiger partial charge on any atom is 0.295 e. The van der Waals surface area contributed by atoms with E-state index in [0.29, 0.717) is 11.4 Å². The summed E-state index contributed by atoms with van der Waals surface area (Å²) in [4.78, 5) is 54.5. The van der Waals surface area contributed by atoms with E-state index >= 15 is 0 Å². The van der Waals surface area contributed by atoms with Crippen LogP contribution in [0.3, 0.4) is 0 Å². The van der Waals surface area contributed by atoms with Gasteiger partial charge in [0.1, 0.15) is 11.7 Å². The number of aromatic nitrogens is 2. The average molecular weight is 481 g/mol. The van der Waals surface area contributed by atoms with Crippen molar-refractivity contribution in [2.45, 2.75) is 19.4 Å². The first kappa shape index (κ1) is 23.0. The SMILES string of the molecule is Cc1c(NC(=O)[C@@H](Cc2ccccc2)N2C(=O)c3ccccc3C2=O)c(=O)n(-c2ccccc2)n1C. The third kappa shape index (κ3) is 3.82. The number of fused-ring (bicyclic) bond motifs is 1. The van der Waals surface area contributed by atoms with E-state index in [2.05, 4.69) is 5.32 Å². The van der Waals surface area contributed by atoms with Crippen LogP contribution >= 0.6 is 0 Å². The summed E-state index contributed by atoms with van der Waals surface area (Å²) in [6.45, 7) is 1.73. The molecule has 0 aliphatic carbocycles. The van der Waals surface area contributed by atoms with Gasteiger partial charge in [0, 0.05) is 13.5 Å². The predicted molar refractivity (Wildman–Crippen MR) is 135 cm³/mol. The highest BCUT2D eigenvalue weighted by molar-refractivity contribution is 6.23. The lowest BCUT2D eigenvalue weighted by atomic mass is 10.0. The van der Waals surface area contributed by atoms with E-state index in [1.807, 2.05) is 48.5 Å². The molecule has 3 aromatic carbocycles. The van der Waals surface area contributed by atoms with E-state index in [4.69, 9.17) is 0 Å². The lowest BCUT2D eigenvalue weighted by molar-refractivity contribution is -0.119. The average Bonchev–Trinajstić information content (AvgIpc) is 3.27. The molecule has 0 fully saturated rings. The van der Waals surface area contributed by atoms with Crippen molar-refractivity contribution in [3.8, 4) is 5.69 Å². The minimum atomic E-state index is -1.15. The molecule has 4 aromatic rings. The molecule has 0 saturated heterocycles. The van der Waals surface area contributed by atoms with Gasteiger partial charge in [-0.2, -0.15) is 0 Å². The minimum absolute atomic E-state index is 0.0982. The Morgan fingerprint density at radius 1 is 0.806 bits per heavy atom. The van der Waals surface area contributed by atoms with Gasteiger partial charge in [-0.05, 0) is 36.8 Å². The van der Waals surface area contributed by atoms with Gasteiger partial charge in [-0.15, -0.1) is 0 Å². The first-order valence-electron chi connectivity index (χ1n) is 11.5. The van der Waals surface area contributed by atoms with Crippen molar-refractivity contribution in [1.82, 2.24) is 14.3 Å². The molecule has 180 valence electrons. The van der Waals surface area contributed by atoms with Crippen molar-refractivity contribution in [1.29, 1.82) is 0 Å². The summed E-state index contributed by atoms with van der Waals surface area (Å²) in [7, 11) is 1.73. The van der Waals surface area contributed by atoms with Crippen molar-refractivity contribution in [2.24, 2.45) is 7.05 Å². The van der Waals surface area contributed by atoms with Crippen molar-refractivity contribution in [2.75, 3.05) is 5.32 Å². The van der Waals surface area contributed by atoms with Crippen molar-refractivity contribution in [3.05, 3.63) is 118 Å². The second-order valence-electron chi connectivity index (χ2n) is 8.66. The van der Waals surface area contributed by atoms with Gasteiger partial charge < -0.3 is 5.32 Å². The zero-order chi connectivity index (χ0) is 25.4. The molecule has 5 rings (SSSR count). The molecule has 2 heterocycles. The summed E-state index contributed by atoms with van der Waals surface area (Å²) in [6, 6.07) is 23.6. The highest BCUT2D eigenvalue weighted by Gasteiger charge is 2.43. The van der Waals surface area contributed by atoms with E-state index < -0.39 is 29.3 Å². The molecule has 0 bridgehead atoms. The monoisotopic (exact) mass is 480 g/mol. The van der Waals surface area contributed by atoms with Gasteiger partial charge >= 0.3 is 0 Å². The van der Waals surface area contributed by atoms with E-state index in [-0.39, 0.29) is 23.2 Å². The predicted octanol–water partition coefficient (Wildman–Crippen LogP) is 3.33. The summed E-state index contributed by atoms with van der Waals surface area (Å²) in [5.74, 6) is -1.67. The molecule has 1 aromatic heterocycles. The standard InChI is InChI=1S/C28H24N4O4/c1-18-24(28(36)32(30(18)2)20-13-7-4-8-14-20)29-25(33)23(17-19-11-5-3-6-12-19)31-26(34)21-15-9-10-16-22(21)27(31)35/h3-16,23H,17H2,1-2H3,(H,29,33)/t23-/m1/s1. The number of imide groups is 1. The molecule has 0 radical (unpaired) electrons. The molecule has 0 unspecified atom stereocenters. The fourth-order valence-electron chi connectivity index (χ4n) is 4.55.